The summed E-state index contributed by atoms with van der Waals surface area (Å²) >= 11 is 0. The second-order valence-corrected chi connectivity index (χ2v) is 5.70. The number of nitro benzene ring substituents is 1. The lowest BCUT2D eigenvalue weighted by molar-refractivity contribution is -0.384. The zero-order chi connectivity index (χ0) is 21.0. The minimum absolute atomic E-state index is 0.136. The molecule has 0 aliphatic rings. The Bertz CT molecular complexity index is 1090. The molecule has 3 rings (SSSR count). The highest BCUT2D eigenvalue weighted by molar-refractivity contribution is 5.64. The van der Waals surface area contributed by atoms with Crippen molar-refractivity contribution in [3.63, 3.8) is 0 Å². The lowest BCUT2D eigenvalue weighted by Crippen LogP contribution is -2.12. The molecule has 1 heterocycles. The Balaban J connectivity index is 1.93. The van der Waals surface area contributed by atoms with Crippen LogP contribution in [-0.4, -0.2) is 14.9 Å². The Kier molecular flexibility index (Phi) is 5.27. The molecule has 0 fully saturated rings. The Morgan fingerprint density at radius 2 is 1.79 bits per heavy atom. The predicted molar refractivity (Wildman–Crippen MR) is 97.9 cm³/mol. The van der Waals surface area contributed by atoms with E-state index in [0.717, 1.165) is 0 Å². The maximum Gasteiger partial charge on any atom is 0.421 e. The second-order valence-electron chi connectivity index (χ2n) is 5.70. The van der Waals surface area contributed by atoms with Crippen LogP contribution in [0.4, 0.5) is 42.0 Å². The van der Waals surface area contributed by atoms with Gasteiger partial charge >= 0.3 is 6.18 Å². The molecular weight excluding hydrogens is 389 g/mol. The van der Waals surface area contributed by atoms with Crippen molar-refractivity contribution in [2.45, 2.75) is 6.18 Å². The second kappa shape index (κ2) is 7.81. The highest BCUT2D eigenvalue weighted by Crippen LogP contribution is 2.35. The van der Waals surface area contributed by atoms with Gasteiger partial charge in [-0.25, -0.2) is 4.98 Å². The van der Waals surface area contributed by atoms with Crippen LogP contribution in [0.1, 0.15) is 11.1 Å². The van der Waals surface area contributed by atoms with Gasteiger partial charge in [0, 0.05) is 29.7 Å². The van der Waals surface area contributed by atoms with E-state index in [2.05, 4.69) is 20.6 Å². The van der Waals surface area contributed by atoms with Crippen molar-refractivity contribution in [1.82, 2.24) is 9.97 Å². The number of hydrogen-bond donors (Lipinski definition) is 2. The van der Waals surface area contributed by atoms with Crippen LogP contribution in [0.2, 0.25) is 0 Å². The van der Waals surface area contributed by atoms with Gasteiger partial charge in [0.15, 0.2) is 0 Å². The summed E-state index contributed by atoms with van der Waals surface area (Å²) in [6.07, 6.45) is -4.09. The van der Waals surface area contributed by atoms with Gasteiger partial charge in [-0.3, -0.25) is 10.1 Å². The molecule has 0 aliphatic heterocycles. The molecule has 0 bridgehead atoms. The summed E-state index contributed by atoms with van der Waals surface area (Å²) in [4.78, 5) is 17.7. The Hall–Kier alpha value is -4.20. The van der Waals surface area contributed by atoms with Crippen LogP contribution in [0.25, 0.3) is 0 Å². The molecule has 0 saturated carbocycles. The number of nitrogens with zero attached hydrogens (tertiary/aromatic N) is 4. The first kappa shape index (κ1) is 19.6. The van der Waals surface area contributed by atoms with E-state index in [1.54, 1.807) is 0 Å². The molecular formula is C18H11F3N6O2. The monoisotopic (exact) mass is 400 g/mol. The van der Waals surface area contributed by atoms with E-state index in [9.17, 15) is 23.3 Å². The van der Waals surface area contributed by atoms with Gasteiger partial charge < -0.3 is 10.6 Å². The Morgan fingerprint density at radius 1 is 1.07 bits per heavy atom. The van der Waals surface area contributed by atoms with Gasteiger partial charge in [0.2, 0.25) is 5.95 Å². The van der Waals surface area contributed by atoms with E-state index in [-0.39, 0.29) is 22.9 Å². The summed E-state index contributed by atoms with van der Waals surface area (Å²) in [5, 5.41) is 24.9. The zero-order valence-electron chi connectivity index (χ0n) is 14.4. The van der Waals surface area contributed by atoms with Crippen molar-refractivity contribution in [3.05, 3.63) is 76.0 Å². The molecule has 8 nitrogen and oxygen atoms in total. The number of benzene rings is 2. The van der Waals surface area contributed by atoms with Crippen LogP contribution in [0.5, 0.6) is 0 Å². The van der Waals surface area contributed by atoms with Crippen LogP contribution in [0, 0.1) is 21.4 Å². The van der Waals surface area contributed by atoms with E-state index in [1.807, 2.05) is 6.07 Å². The van der Waals surface area contributed by atoms with Crippen LogP contribution in [-0.2, 0) is 6.18 Å². The number of aromatic nitrogens is 2. The van der Waals surface area contributed by atoms with Crippen molar-refractivity contribution in [2.24, 2.45) is 0 Å². The van der Waals surface area contributed by atoms with Gasteiger partial charge in [-0.2, -0.15) is 23.4 Å². The lowest BCUT2D eigenvalue weighted by Gasteiger charge is -2.15. The third-order valence-corrected chi connectivity index (χ3v) is 3.68. The number of nitrogens with one attached hydrogen (secondary N) is 2. The van der Waals surface area contributed by atoms with Gasteiger partial charge in [0.1, 0.15) is 11.4 Å². The van der Waals surface area contributed by atoms with Crippen molar-refractivity contribution in [1.29, 1.82) is 5.26 Å². The number of nitriles is 1. The maximum absolute atomic E-state index is 13.3. The van der Waals surface area contributed by atoms with Crippen LogP contribution in [0.3, 0.4) is 0 Å². The quantitative estimate of drug-likeness (QED) is 0.468. The van der Waals surface area contributed by atoms with E-state index < -0.39 is 22.5 Å². The summed E-state index contributed by atoms with van der Waals surface area (Å²) in [7, 11) is 0. The van der Waals surface area contributed by atoms with Gasteiger partial charge in [-0.15, -0.1) is 0 Å². The number of anilines is 4. The van der Waals surface area contributed by atoms with E-state index in [1.165, 1.54) is 48.5 Å². The van der Waals surface area contributed by atoms with Gasteiger partial charge in [-0.1, -0.05) is 6.07 Å². The summed E-state index contributed by atoms with van der Waals surface area (Å²) in [5.74, 6) is -0.655. The van der Waals surface area contributed by atoms with E-state index >= 15 is 0 Å². The fourth-order valence-corrected chi connectivity index (χ4v) is 2.34. The lowest BCUT2D eigenvalue weighted by atomic mass is 10.2. The zero-order valence-corrected chi connectivity index (χ0v) is 14.4. The number of nitro groups is 1. The van der Waals surface area contributed by atoms with Gasteiger partial charge in [0.25, 0.3) is 5.69 Å². The normalized spacial score (nSPS) is 10.8. The molecule has 2 aromatic carbocycles. The van der Waals surface area contributed by atoms with Crippen LogP contribution in [0.15, 0.2) is 54.7 Å². The molecule has 11 heteroatoms. The molecule has 3 aromatic rings. The van der Waals surface area contributed by atoms with Gasteiger partial charge in [0.05, 0.1) is 16.6 Å². The van der Waals surface area contributed by atoms with Crippen molar-refractivity contribution < 1.29 is 18.1 Å². The number of alkyl halides is 3. The predicted octanol–water partition coefficient (Wildman–Crippen LogP) is 4.76. The van der Waals surface area contributed by atoms with Crippen molar-refractivity contribution >= 4 is 28.8 Å². The molecule has 0 saturated heterocycles. The third kappa shape index (κ3) is 4.75. The largest absolute Gasteiger partial charge is 0.421 e. The molecule has 0 unspecified atom stereocenters. The minimum atomic E-state index is -4.71. The molecule has 0 spiro atoms. The molecule has 0 radical (unpaired) electrons. The van der Waals surface area contributed by atoms with Gasteiger partial charge in [-0.05, 0) is 30.3 Å². The Labute approximate surface area is 161 Å². The Morgan fingerprint density at radius 3 is 2.41 bits per heavy atom. The standard InChI is InChI=1S/C18H11F3N6O2/c19-18(20,21)15-10-23-17(25-12-4-6-14(7-5-12)27(28)29)26-16(15)24-13-3-1-2-11(8-13)9-22/h1-8,10H,(H2,23,24,25,26). The number of halogens is 3. The van der Waals surface area contributed by atoms with E-state index in [0.29, 0.717) is 11.9 Å². The molecule has 0 aliphatic carbocycles. The van der Waals surface area contributed by atoms with Crippen LogP contribution < -0.4 is 10.6 Å². The molecule has 0 atom stereocenters. The highest BCUT2D eigenvalue weighted by atomic mass is 19.4. The molecule has 146 valence electrons. The average Bonchev–Trinajstić information content (AvgIpc) is 2.68. The first-order valence-corrected chi connectivity index (χ1v) is 7.99. The minimum Gasteiger partial charge on any atom is -0.340 e. The third-order valence-electron chi connectivity index (χ3n) is 3.68. The summed E-state index contributed by atoms with van der Waals surface area (Å²) in [6, 6.07) is 13.0. The first-order valence-electron chi connectivity index (χ1n) is 7.99. The smallest absolute Gasteiger partial charge is 0.340 e. The summed E-state index contributed by atoms with van der Waals surface area (Å²) in [5.41, 5.74) is -0.359. The topological polar surface area (TPSA) is 117 Å². The summed E-state index contributed by atoms with van der Waals surface area (Å²) in [6.45, 7) is 0. The molecule has 0 amide bonds. The van der Waals surface area contributed by atoms with Crippen LogP contribution >= 0.6 is 0 Å². The highest BCUT2D eigenvalue weighted by Gasteiger charge is 2.35. The molecule has 29 heavy (non-hydrogen) atoms. The molecule has 1 aromatic heterocycles. The number of rotatable bonds is 5. The number of hydrogen-bond acceptors (Lipinski definition) is 7. The fourth-order valence-electron chi connectivity index (χ4n) is 2.34. The van der Waals surface area contributed by atoms with Crippen molar-refractivity contribution in [2.75, 3.05) is 10.6 Å². The fraction of sp³-hybridized carbons (Fsp3) is 0.0556. The van der Waals surface area contributed by atoms with E-state index in [4.69, 9.17) is 5.26 Å². The molecule has 2 N–H and O–H groups in total. The number of non-ortho nitro benzene ring substituents is 1. The average molecular weight is 400 g/mol. The first-order chi connectivity index (χ1) is 13.8. The van der Waals surface area contributed by atoms with Crippen molar-refractivity contribution in [3.8, 4) is 6.07 Å². The maximum atomic E-state index is 13.3. The summed E-state index contributed by atoms with van der Waals surface area (Å²) < 4.78 is 40.0. The SMILES string of the molecule is N#Cc1cccc(Nc2nc(Nc3ccc([N+](=O)[O-])cc3)ncc2C(F)(F)F)c1.